The topological polar surface area (TPSA) is 82.1 Å². The van der Waals surface area contributed by atoms with Crippen molar-refractivity contribution in [2.75, 3.05) is 13.2 Å². The van der Waals surface area contributed by atoms with Crippen LogP contribution in [0.1, 0.15) is 37.5 Å². The Kier molecular flexibility index (Phi) is 9.09. The highest BCUT2D eigenvalue weighted by atomic mass is 32.2. The highest BCUT2D eigenvalue weighted by Gasteiger charge is 2.41. The van der Waals surface area contributed by atoms with Crippen LogP contribution in [0.3, 0.4) is 0 Å². The van der Waals surface area contributed by atoms with E-state index in [0.29, 0.717) is 36.7 Å². The number of allylic oxidation sites excluding steroid dienone is 1. The molecule has 0 saturated carbocycles. The monoisotopic (exact) mass is 545 g/mol. The van der Waals surface area contributed by atoms with Crippen LogP contribution in [0, 0.1) is 0 Å². The second-order valence-corrected chi connectivity index (χ2v) is 9.83. The van der Waals surface area contributed by atoms with Gasteiger partial charge in [0.1, 0.15) is 12.6 Å². The van der Waals surface area contributed by atoms with Crippen LogP contribution in [0.2, 0.25) is 0 Å². The van der Waals surface area contributed by atoms with Crippen molar-refractivity contribution in [2.24, 2.45) is 0 Å². The Morgan fingerprint density at radius 2 is 1.79 bits per heavy atom. The van der Waals surface area contributed by atoms with E-state index < -0.39 is 23.2 Å². The van der Waals surface area contributed by atoms with E-state index >= 15 is 0 Å². The van der Waals surface area contributed by atoms with Crippen LogP contribution in [0.25, 0.3) is 16.8 Å². The summed E-state index contributed by atoms with van der Waals surface area (Å²) in [6, 6.07) is 16.9. The molecule has 7 nitrogen and oxygen atoms in total. The van der Waals surface area contributed by atoms with Gasteiger partial charge in [0.2, 0.25) is 0 Å². The summed E-state index contributed by atoms with van der Waals surface area (Å²) in [6.45, 7) is 9.84. The molecule has 0 bridgehead atoms. The fourth-order valence-corrected chi connectivity index (χ4v) is 5.31. The second-order valence-electron chi connectivity index (χ2n) is 8.84. The number of fused-ring (bicyclic) bond motifs is 1. The molecule has 202 valence electrons. The molecule has 0 radical (unpaired) electrons. The van der Waals surface area contributed by atoms with Crippen molar-refractivity contribution in [1.82, 2.24) is 4.90 Å². The molecule has 1 saturated heterocycles. The number of carbonyl (C=O) groups is 3. The number of imide groups is 1. The SMILES string of the molecule is C=CCc1cc(/C=C2/SC(=O)N([C@@H](C)C(=O)OCC)C2=O)cc(OCC)c1OCc1cccc2ccccc12. The van der Waals surface area contributed by atoms with Gasteiger partial charge in [-0.1, -0.05) is 48.5 Å². The molecule has 8 heteroatoms. The number of carbonyl (C=O) groups excluding carboxylic acids is 3. The molecule has 0 spiro atoms. The minimum absolute atomic E-state index is 0.163. The first-order chi connectivity index (χ1) is 18.9. The molecule has 39 heavy (non-hydrogen) atoms. The van der Waals surface area contributed by atoms with E-state index in [1.165, 1.54) is 6.92 Å². The summed E-state index contributed by atoms with van der Waals surface area (Å²) in [4.78, 5) is 39.0. The zero-order valence-corrected chi connectivity index (χ0v) is 23.1. The molecule has 0 aliphatic carbocycles. The smallest absolute Gasteiger partial charge is 0.329 e. The number of amides is 2. The van der Waals surface area contributed by atoms with Gasteiger partial charge in [0.15, 0.2) is 11.5 Å². The van der Waals surface area contributed by atoms with Crippen molar-refractivity contribution in [2.45, 2.75) is 39.8 Å². The lowest BCUT2D eigenvalue weighted by molar-refractivity contribution is -0.150. The zero-order valence-electron chi connectivity index (χ0n) is 22.3. The number of thioether (sulfide) groups is 1. The Bertz CT molecular complexity index is 1440. The predicted molar refractivity (Wildman–Crippen MR) is 154 cm³/mol. The average Bonchev–Trinajstić information content (AvgIpc) is 3.20. The average molecular weight is 546 g/mol. The summed E-state index contributed by atoms with van der Waals surface area (Å²) < 4.78 is 17.3. The molecule has 3 aromatic rings. The summed E-state index contributed by atoms with van der Waals surface area (Å²) in [6.07, 6.45) is 3.91. The third-order valence-corrected chi connectivity index (χ3v) is 7.09. The van der Waals surface area contributed by atoms with Crippen LogP contribution in [-0.2, 0) is 27.4 Å². The number of hydrogen-bond acceptors (Lipinski definition) is 7. The number of nitrogens with zero attached hydrogens (tertiary/aromatic N) is 1. The van der Waals surface area contributed by atoms with Crippen LogP contribution >= 0.6 is 11.8 Å². The molecule has 1 aliphatic rings. The second kappa shape index (κ2) is 12.7. The molecule has 3 aromatic carbocycles. The Hall–Kier alpha value is -4.04. The Balaban J connectivity index is 1.65. The maximum Gasteiger partial charge on any atom is 0.329 e. The number of benzene rings is 3. The van der Waals surface area contributed by atoms with E-state index in [1.807, 2.05) is 37.3 Å². The maximum atomic E-state index is 13.1. The third-order valence-electron chi connectivity index (χ3n) is 6.21. The Morgan fingerprint density at radius 1 is 1.03 bits per heavy atom. The number of hydrogen-bond donors (Lipinski definition) is 0. The molecular formula is C31H31NO6S. The van der Waals surface area contributed by atoms with Gasteiger partial charge in [-0.15, -0.1) is 6.58 Å². The van der Waals surface area contributed by atoms with Crippen LogP contribution < -0.4 is 9.47 Å². The zero-order chi connectivity index (χ0) is 27.9. The lowest BCUT2D eigenvalue weighted by Crippen LogP contribution is -2.42. The minimum atomic E-state index is -1.01. The molecular weight excluding hydrogens is 514 g/mol. The Morgan fingerprint density at radius 3 is 2.54 bits per heavy atom. The summed E-state index contributed by atoms with van der Waals surface area (Å²) in [5.74, 6) is -0.0287. The van der Waals surface area contributed by atoms with Crippen molar-refractivity contribution in [3.05, 3.63) is 88.8 Å². The van der Waals surface area contributed by atoms with Crippen molar-refractivity contribution in [3.63, 3.8) is 0 Å². The molecule has 0 unspecified atom stereocenters. The van der Waals surface area contributed by atoms with Crippen LogP contribution in [-0.4, -0.2) is 41.3 Å². The first kappa shape index (κ1) is 28.0. The normalized spacial score (nSPS) is 15.1. The number of ether oxygens (including phenoxy) is 3. The number of esters is 1. The lowest BCUT2D eigenvalue weighted by Gasteiger charge is -2.19. The predicted octanol–water partition coefficient (Wildman–Crippen LogP) is 6.53. The van der Waals surface area contributed by atoms with Gasteiger partial charge in [0.25, 0.3) is 11.1 Å². The Labute approximate surface area is 232 Å². The third kappa shape index (κ3) is 6.17. The first-order valence-corrected chi connectivity index (χ1v) is 13.6. The molecule has 1 fully saturated rings. The minimum Gasteiger partial charge on any atom is -0.490 e. The molecule has 0 N–H and O–H groups in total. The molecule has 0 aromatic heterocycles. The van der Waals surface area contributed by atoms with Crippen molar-refractivity contribution in [3.8, 4) is 11.5 Å². The highest BCUT2D eigenvalue weighted by Crippen LogP contribution is 2.38. The highest BCUT2D eigenvalue weighted by molar-refractivity contribution is 8.18. The summed E-state index contributed by atoms with van der Waals surface area (Å²) in [5, 5.41) is 1.74. The van der Waals surface area contributed by atoms with E-state index in [-0.39, 0.29) is 11.5 Å². The molecule has 1 aliphatic heterocycles. The molecule has 1 atom stereocenters. The quantitative estimate of drug-likeness (QED) is 0.154. The van der Waals surface area contributed by atoms with Crippen LogP contribution in [0.5, 0.6) is 11.5 Å². The largest absolute Gasteiger partial charge is 0.490 e. The van der Waals surface area contributed by atoms with E-state index in [2.05, 4.69) is 24.8 Å². The van der Waals surface area contributed by atoms with Crippen molar-refractivity contribution < 1.29 is 28.6 Å². The van der Waals surface area contributed by atoms with Gasteiger partial charge in [-0.2, -0.15) is 0 Å². The fourth-order valence-electron chi connectivity index (χ4n) is 4.40. The van der Waals surface area contributed by atoms with E-state index in [4.69, 9.17) is 14.2 Å². The summed E-state index contributed by atoms with van der Waals surface area (Å²) in [5.41, 5.74) is 2.55. The standard InChI is InChI=1S/C31H31NO6S/c1-5-11-23-16-21(18-27-29(33)32(31(35)39-27)20(4)30(34)37-7-3)17-26(36-6-2)28(23)38-19-24-14-10-13-22-12-8-9-15-25(22)24/h5,8-10,12-18,20H,1,6-7,11,19H2,2-4H3/b27-18+/t20-/m0/s1. The van der Waals surface area contributed by atoms with Crippen LogP contribution in [0.4, 0.5) is 4.79 Å². The van der Waals surface area contributed by atoms with E-state index in [0.717, 1.165) is 38.6 Å². The van der Waals surface area contributed by atoms with Crippen molar-refractivity contribution in [1.29, 1.82) is 0 Å². The van der Waals surface area contributed by atoms with Gasteiger partial charge in [-0.25, -0.2) is 4.79 Å². The van der Waals surface area contributed by atoms with Gasteiger partial charge in [-0.05, 0) is 79.1 Å². The fraction of sp³-hybridized carbons (Fsp3) is 0.258. The molecule has 1 heterocycles. The van der Waals surface area contributed by atoms with Crippen molar-refractivity contribution >= 4 is 45.7 Å². The maximum absolute atomic E-state index is 13.1. The van der Waals surface area contributed by atoms with Gasteiger partial charge < -0.3 is 14.2 Å². The van der Waals surface area contributed by atoms with E-state index in [1.54, 1.807) is 25.1 Å². The van der Waals surface area contributed by atoms with Gasteiger partial charge >= 0.3 is 5.97 Å². The van der Waals surface area contributed by atoms with Gasteiger partial charge in [-0.3, -0.25) is 14.5 Å². The van der Waals surface area contributed by atoms with Gasteiger partial charge in [0.05, 0.1) is 18.1 Å². The first-order valence-electron chi connectivity index (χ1n) is 12.8. The molecule has 2 amide bonds. The summed E-state index contributed by atoms with van der Waals surface area (Å²) in [7, 11) is 0. The van der Waals surface area contributed by atoms with E-state index in [9.17, 15) is 14.4 Å². The lowest BCUT2D eigenvalue weighted by atomic mass is 10.0. The van der Waals surface area contributed by atoms with Gasteiger partial charge in [0, 0.05) is 5.56 Å². The van der Waals surface area contributed by atoms with Crippen LogP contribution in [0.15, 0.2) is 72.2 Å². The summed E-state index contributed by atoms with van der Waals surface area (Å²) >= 11 is 0.790. The molecule has 4 rings (SSSR count). The number of rotatable bonds is 11.